The van der Waals surface area contributed by atoms with Gasteiger partial charge < -0.3 is 14.2 Å². The maximum atomic E-state index is 5.42. The van der Waals surface area contributed by atoms with Crippen LogP contribution in [0.3, 0.4) is 0 Å². The second kappa shape index (κ2) is 4.44. The molecule has 0 spiro atoms. The quantitative estimate of drug-likeness (QED) is 0.839. The first-order valence-corrected chi connectivity index (χ1v) is 5.08. The summed E-state index contributed by atoms with van der Waals surface area (Å²) < 4.78 is 10.6. The van der Waals surface area contributed by atoms with Gasteiger partial charge in [0.05, 0.1) is 18.8 Å². The van der Waals surface area contributed by atoms with Crippen molar-refractivity contribution in [2.24, 2.45) is 0 Å². The molecule has 0 bridgehead atoms. The number of oxazole rings is 1. The number of hydrogen-bond acceptors (Lipinski definition) is 6. The standard InChI is InChI=1S/C10H14N4O2/c1-6-7(2)15-9(12-6)4-11-5-10-14-13-8(3)16-10/h11H,4-5H2,1-3H3. The van der Waals surface area contributed by atoms with Crippen LogP contribution in [-0.4, -0.2) is 15.2 Å². The molecule has 0 saturated heterocycles. The average molecular weight is 222 g/mol. The van der Waals surface area contributed by atoms with Crippen molar-refractivity contribution in [3.05, 3.63) is 29.1 Å². The molecular weight excluding hydrogens is 208 g/mol. The third-order valence-electron chi connectivity index (χ3n) is 2.19. The molecule has 86 valence electrons. The van der Waals surface area contributed by atoms with Gasteiger partial charge in [0, 0.05) is 6.92 Å². The van der Waals surface area contributed by atoms with E-state index in [9.17, 15) is 0 Å². The molecule has 2 rings (SSSR count). The monoisotopic (exact) mass is 222 g/mol. The maximum absolute atomic E-state index is 5.42. The van der Waals surface area contributed by atoms with Gasteiger partial charge in [0.1, 0.15) is 5.76 Å². The fourth-order valence-electron chi connectivity index (χ4n) is 1.30. The number of nitrogens with zero attached hydrogens (tertiary/aromatic N) is 3. The fraction of sp³-hybridized carbons (Fsp3) is 0.500. The Balaban J connectivity index is 1.84. The first-order chi connectivity index (χ1) is 7.65. The highest BCUT2D eigenvalue weighted by Crippen LogP contribution is 2.07. The van der Waals surface area contributed by atoms with Crippen molar-refractivity contribution >= 4 is 0 Å². The number of aromatic nitrogens is 3. The normalized spacial score (nSPS) is 10.9. The van der Waals surface area contributed by atoms with Crippen LogP contribution in [0.5, 0.6) is 0 Å². The Hall–Kier alpha value is -1.69. The summed E-state index contributed by atoms with van der Waals surface area (Å²) in [4.78, 5) is 4.25. The molecule has 0 aromatic carbocycles. The lowest BCUT2D eigenvalue weighted by atomic mass is 10.4. The van der Waals surface area contributed by atoms with Crippen LogP contribution in [0.1, 0.15) is 29.1 Å². The summed E-state index contributed by atoms with van der Waals surface area (Å²) in [7, 11) is 0. The van der Waals surface area contributed by atoms with Crippen LogP contribution in [-0.2, 0) is 13.1 Å². The van der Waals surface area contributed by atoms with Crippen LogP contribution in [0.2, 0.25) is 0 Å². The number of hydrogen-bond donors (Lipinski definition) is 1. The van der Waals surface area contributed by atoms with Crippen molar-refractivity contribution < 1.29 is 8.83 Å². The molecule has 0 aliphatic heterocycles. The summed E-state index contributed by atoms with van der Waals surface area (Å²) in [5.74, 6) is 2.66. The Morgan fingerprint density at radius 3 is 2.31 bits per heavy atom. The van der Waals surface area contributed by atoms with Crippen molar-refractivity contribution in [3.63, 3.8) is 0 Å². The lowest BCUT2D eigenvalue weighted by molar-refractivity contribution is 0.417. The van der Waals surface area contributed by atoms with Gasteiger partial charge in [-0.25, -0.2) is 4.98 Å². The molecule has 0 aliphatic carbocycles. The summed E-state index contributed by atoms with van der Waals surface area (Å²) in [6, 6.07) is 0. The van der Waals surface area contributed by atoms with E-state index in [1.165, 1.54) is 0 Å². The molecule has 6 heteroatoms. The van der Waals surface area contributed by atoms with Gasteiger partial charge in [-0.2, -0.15) is 0 Å². The number of aryl methyl sites for hydroxylation is 3. The molecule has 6 nitrogen and oxygen atoms in total. The maximum Gasteiger partial charge on any atom is 0.230 e. The van der Waals surface area contributed by atoms with E-state index in [1.807, 2.05) is 13.8 Å². The molecule has 2 aromatic heterocycles. The third kappa shape index (κ3) is 2.46. The van der Waals surface area contributed by atoms with Crippen molar-refractivity contribution in [3.8, 4) is 0 Å². The van der Waals surface area contributed by atoms with E-state index in [2.05, 4.69) is 20.5 Å². The molecule has 0 radical (unpaired) electrons. The summed E-state index contributed by atoms with van der Waals surface area (Å²) in [6.45, 7) is 6.64. The van der Waals surface area contributed by atoms with E-state index in [1.54, 1.807) is 6.92 Å². The Labute approximate surface area is 93.1 Å². The van der Waals surface area contributed by atoms with Gasteiger partial charge >= 0.3 is 0 Å². The topological polar surface area (TPSA) is 77.0 Å². The Morgan fingerprint density at radius 1 is 1.00 bits per heavy atom. The lowest BCUT2D eigenvalue weighted by Gasteiger charge is -1.96. The highest BCUT2D eigenvalue weighted by Gasteiger charge is 2.06. The van der Waals surface area contributed by atoms with E-state index in [0.29, 0.717) is 30.8 Å². The van der Waals surface area contributed by atoms with E-state index in [0.717, 1.165) is 11.5 Å². The highest BCUT2D eigenvalue weighted by molar-refractivity contribution is 5.05. The van der Waals surface area contributed by atoms with Gasteiger partial charge in [-0.3, -0.25) is 0 Å². The summed E-state index contributed by atoms with van der Waals surface area (Å²) in [5, 5.41) is 10.7. The zero-order chi connectivity index (χ0) is 11.5. The summed E-state index contributed by atoms with van der Waals surface area (Å²) >= 11 is 0. The van der Waals surface area contributed by atoms with E-state index >= 15 is 0 Å². The fourth-order valence-corrected chi connectivity index (χ4v) is 1.30. The zero-order valence-electron chi connectivity index (χ0n) is 9.57. The van der Waals surface area contributed by atoms with Crippen molar-refractivity contribution in [2.45, 2.75) is 33.9 Å². The molecular formula is C10H14N4O2. The second-order valence-electron chi connectivity index (χ2n) is 3.57. The minimum atomic E-state index is 0.515. The largest absolute Gasteiger partial charge is 0.444 e. The number of nitrogens with one attached hydrogen (secondary N) is 1. The summed E-state index contributed by atoms with van der Waals surface area (Å²) in [6.07, 6.45) is 0. The van der Waals surface area contributed by atoms with Gasteiger partial charge in [0.25, 0.3) is 0 Å². The molecule has 2 heterocycles. The highest BCUT2D eigenvalue weighted by atomic mass is 16.4. The van der Waals surface area contributed by atoms with Crippen molar-refractivity contribution in [2.75, 3.05) is 0 Å². The van der Waals surface area contributed by atoms with Crippen LogP contribution >= 0.6 is 0 Å². The molecule has 0 fully saturated rings. The molecule has 0 atom stereocenters. The molecule has 16 heavy (non-hydrogen) atoms. The SMILES string of the molecule is Cc1nnc(CNCc2nc(C)c(C)o2)o1. The Morgan fingerprint density at radius 2 is 1.75 bits per heavy atom. The minimum Gasteiger partial charge on any atom is -0.444 e. The van der Waals surface area contributed by atoms with Crippen molar-refractivity contribution in [1.82, 2.24) is 20.5 Å². The molecule has 0 unspecified atom stereocenters. The van der Waals surface area contributed by atoms with Gasteiger partial charge in [0.2, 0.25) is 17.7 Å². The second-order valence-corrected chi connectivity index (χ2v) is 3.57. The first-order valence-electron chi connectivity index (χ1n) is 5.08. The predicted octanol–water partition coefficient (Wildman–Crippen LogP) is 1.27. The van der Waals surface area contributed by atoms with Gasteiger partial charge in [-0.1, -0.05) is 0 Å². The van der Waals surface area contributed by atoms with Gasteiger partial charge in [-0.05, 0) is 13.8 Å². The lowest BCUT2D eigenvalue weighted by Crippen LogP contribution is -2.13. The Bertz CT molecular complexity index is 455. The van der Waals surface area contributed by atoms with Crippen LogP contribution < -0.4 is 5.32 Å². The zero-order valence-corrected chi connectivity index (χ0v) is 9.57. The van der Waals surface area contributed by atoms with Crippen LogP contribution in [0, 0.1) is 20.8 Å². The number of rotatable bonds is 4. The van der Waals surface area contributed by atoms with Crippen LogP contribution in [0.15, 0.2) is 8.83 Å². The molecule has 0 amide bonds. The van der Waals surface area contributed by atoms with Crippen molar-refractivity contribution in [1.29, 1.82) is 0 Å². The smallest absolute Gasteiger partial charge is 0.230 e. The third-order valence-corrected chi connectivity index (χ3v) is 2.19. The Kier molecular flexibility index (Phi) is 3.00. The van der Waals surface area contributed by atoms with Crippen LogP contribution in [0.4, 0.5) is 0 Å². The van der Waals surface area contributed by atoms with E-state index < -0.39 is 0 Å². The van der Waals surface area contributed by atoms with Gasteiger partial charge in [-0.15, -0.1) is 10.2 Å². The predicted molar refractivity (Wildman–Crippen MR) is 55.6 cm³/mol. The minimum absolute atomic E-state index is 0.515. The average Bonchev–Trinajstić information content (AvgIpc) is 2.75. The summed E-state index contributed by atoms with van der Waals surface area (Å²) in [5.41, 5.74) is 0.922. The molecule has 1 N–H and O–H groups in total. The molecule has 0 saturated carbocycles. The van der Waals surface area contributed by atoms with Gasteiger partial charge in [0.15, 0.2) is 0 Å². The first kappa shape index (κ1) is 10.8. The van der Waals surface area contributed by atoms with Crippen LogP contribution in [0.25, 0.3) is 0 Å². The molecule has 0 aliphatic rings. The molecule has 2 aromatic rings. The van der Waals surface area contributed by atoms with E-state index in [4.69, 9.17) is 8.83 Å². The van der Waals surface area contributed by atoms with E-state index in [-0.39, 0.29) is 0 Å².